The summed E-state index contributed by atoms with van der Waals surface area (Å²) >= 11 is 0. The Balaban J connectivity index is 1.16. The van der Waals surface area contributed by atoms with Gasteiger partial charge in [0.15, 0.2) is 0 Å². The fourth-order valence-electron chi connectivity index (χ4n) is 4.66. The second-order valence-corrected chi connectivity index (χ2v) is 8.30. The van der Waals surface area contributed by atoms with Crippen LogP contribution in [0.4, 0.5) is 5.69 Å². The maximum Gasteiger partial charge on any atom is 0.226 e. The Kier molecular flexibility index (Phi) is 4.88. The Hall–Kier alpha value is -2.95. The summed E-state index contributed by atoms with van der Waals surface area (Å²) in [6, 6.07) is 18.6. The van der Waals surface area contributed by atoms with Crippen molar-refractivity contribution in [2.75, 3.05) is 38.1 Å². The van der Waals surface area contributed by atoms with Crippen molar-refractivity contribution in [2.24, 2.45) is 5.92 Å². The lowest BCUT2D eigenvalue weighted by Crippen LogP contribution is -2.43. The Labute approximate surface area is 172 Å². The van der Waals surface area contributed by atoms with E-state index < -0.39 is 0 Å². The summed E-state index contributed by atoms with van der Waals surface area (Å²) in [5.74, 6) is 0.919. The molecule has 29 heavy (non-hydrogen) atoms. The Morgan fingerprint density at radius 3 is 2.52 bits per heavy atom. The molecule has 1 saturated heterocycles. The van der Waals surface area contributed by atoms with Crippen LogP contribution in [0, 0.1) is 5.92 Å². The fourth-order valence-corrected chi connectivity index (χ4v) is 4.66. The maximum atomic E-state index is 12.6. The van der Waals surface area contributed by atoms with Crippen molar-refractivity contribution < 1.29 is 4.79 Å². The van der Waals surface area contributed by atoms with Crippen LogP contribution in [0.25, 0.3) is 5.70 Å². The van der Waals surface area contributed by atoms with E-state index in [1.807, 2.05) is 30.3 Å². The number of hydrogen-bond donors (Lipinski definition) is 1. The van der Waals surface area contributed by atoms with Crippen molar-refractivity contribution in [2.45, 2.75) is 19.3 Å². The van der Waals surface area contributed by atoms with Crippen molar-refractivity contribution in [3.63, 3.8) is 0 Å². The van der Waals surface area contributed by atoms with Crippen molar-refractivity contribution >= 4 is 17.3 Å². The number of para-hydroxylation sites is 1. The molecule has 0 aromatic heterocycles. The van der Waals surface area contributed by atoms with Crippen LogP contribution in [0.2, 0.25) is 0 Å². The highest BCUT2D eigenvalue weighted by molar-refractivity contribution is 5.81. The van der Waals surface area contributed by atoms with Crippen LogP contribution in [-0.2, 0) is 11.2 Å². The molecule has 0 atom stereocenters. The van der Waals surface area contributed by atoms with E-state index >= 15 is 0 Å². The fraction of sp³-hybridized carbons (Fsp3) is 0.375. The van der Waals surface area contributed by atoms with Crippen LogP contribution in [0.1, 0.15) is 24.0 Å². The number of hydrazine groups is 1. The topological polar surface area (TPSA) is 38.8 Å². The molecular formula is C24H28N4O. The van der Waals surface area contributed by atoms with Gasteiger partial charge >= 0.3 is 0 Å². The van der Waals surface area contributed by atoms with Gasteiger partial charge in [0.2, 0.25) is 5.91 Å². The van der Waals surface area contributed by atoms with Gasteiger partial charge in [-0.2, -0.15) is 0 Å². The molecule has 0 aliphatic carbocycles. The predicted octanol–water partition coefficient (Wildman–Crippen LogP) is 3.42. The highest BCUT2D eigenvalue weighted by Gasteiger charge is 2.29. The van der Waals surface area contributed by atoms with Gasteiger partial charge in [-0.15, -0.1) is 0 Å². The summed E-state index contributed by atoms with van der Waals surface area (Å²) in [7, 11) is 0. The number of fused-ring (bicyclic) bond motifs is 3. The highest BCUT2D eigenvalue weighted by atomic mass is 16.2. The molecule has 0 radical (unpaired) electrons. The van der Waals surface area contributed by atoms with Crippen LogP contribution in [-0.4, -0.2) is 53.4 Å². The first-order chi connectivity index (χ1) is 14.3. The van der Waals surface area contributed by atoms with Gasteiger partial charge in [0.1, 0.15) is 0 Å². The van der Waals surface area contributed by atoms with Crippen LogP contribution < -0.4 is 5.43 Å². The zero-order chi connectivity index (χ0) is 19.6. The maximum absolute atomic E-state index is 12.6. The molecule has 1 amide bonds. The number of nitrogens with one attached hydrogen (secondary N) is 1. The lowest BCUT2D eigenvalue weighted by molar-refractivity contribution is -0.131. The minimum Gasteiger partial charge on any atom is -0.373 e. The normalized spacial score (nSPS) is 18.8. The smallest absolute Gasteiger partial charge is 0.226 e. The van der Waals surface area contributed by atoms with E-state index in [2.05, 4.69) is 50.7 Å². The SMILES string of the molecule is O=C(Cc1ccccc1)N1CCC(CN2C=C3c4ccccc4NN3CC2)CC1. The molecule has 0 unspecified atom stereocenters. The zero-order valence-corrected chi connectivity index (χ0v) is 16.8. The third kappa shape index (κ3) is 3.82. The molecule has 5 heteroatoms. The number of carbonyl (C=O) groups excluding carboxylic acids is 1. The number of piperidine rings is 1. The molecule has 0 spiro atoms. The average molecular weight is 389 g/mol. The summed E-state index contributed by atoms with van der Waals surface area (Å²) in [5.41, 5.74) is 8.37. The molecule has 3 heterocycles. The Bertz CT molecular complexity index is 902. The average Bonchev–Trinajstić information content (AvgIpc) is 3.13. The molecule has 1 fully saturated rings. The lowest BCUT2D eigenvalue weighted by Gasteiger charge is -2.37. The quantitative estimate of drug-likeness (QED) is 0.871. The van der Waals surface area contributed by atoms with Gasteiger partial charge in [-0.1, -0.05) is 48.5 Å². The Morgan fingerprint density at radius 2 is 1.69 bits per heavy atom. The van der Waals surface area contributed by atoms with E-state index in [9.17, 15) is 4.79 Å². The first-order valence-electron chi connectivity index (χ1n) is 10.7. The number of hydrogen-bond acceptors (Lipinski definition) is 4. The van der Waals surface area contributed by atoms with E-state index in [4.69, 9.17) is 0 Å². The molecule has 2 aromatic rings. The van der Waals surface area contributed by atoms with Gasteiger partial charge in [-0.3, -0.25) is 15.2 Å². The molecule has 1 N–H and O–H groups in total. The lowest BCUT2D eigenvalue weighted by atomic mass is 9.95. The standard InChI is InChI=1S/C24H28N4O/c29-24(16-19-6-2-1-3-7-19)27-12-10-20(11-13-27)17-26-14-15-28-23(18-26)21-8-4-5-9-22(21)25-28/h1-9,18,20,25H,10-17H2. The molecule has 0 bridgehead atoms. The second-order valence-electron chi connectivity index (χ2n) is 8.30. The van der Waals surface area contributed by atoms with E-state index in [1.165, 1.54) is 16.9 Å². The van der Waals surface area contributed by atoms with Gasteiger partial charge in [-0.25, -0.2) is 0 Å². The molecule has 150 valence electrons. The number of carbonyl (C=O) groups is 1. The van der Waals surface area contributed by atoms with Gasteiger partial charge in [0.25, 0.3) is 0 Å². The third-order valence-corrected chi connectivity index (χ3v) is 6.32. The van der Waals surface area contributed by atoms with Crippen molar-refractivity contribution in [1.29, 1.82) is 0 Å². The number of amides is 1. The molecule has 3 aliphatic rings. The zero-order valence-electron chi connectivity index (χ0n) is 16.8. The van der Waals surface area contributed by atoms with E-state index in [-0.39, 0.29) is 5.91 Å². The van der Waals surface area contributed by atoms with Gasteiger partial charge in [0, 0.05) is 37.9 Å². The molecule has 3 aliphatic heterocycles. The number of anilines is 1. The third-order valence-electron chi connectivity index (χ3n) is 6.32. The number of benzene rings is 2. The van der Waals surface area contributed by atoms with E-state index in [0.29, 0.717) is 12.3 Å². The summed E-state index contributed by atoms with van der Waals surface area (Å²) < 4.78 is 0. The highest BCUT2D eigenvalue weighted by Crippen LogP contribution is 2.36. The molecule has 5 rings (SSSR count). The van der Waals surface area contributed by atoms with E-state index in [1.54, 1.807) is 0 Å². The second kappa shape index (κ2) is 7.82. The molecule has 2 aromatic carbocycles. The van der Waals surface area contributed by atoms with Crippen molar-refractivity contribution in [3.8, 4) is 0 Å². The first kappa shape index (κ1) is 18.1. The summed E-state index contributed by atoms with van der Waals surface area (Å²) in [6.45, 7) is 4.89. The predicted molar refractivity (Wildman–Crippen MR) is 116 cm³/mol. The van der Waals surface area contributed by atoms with Gasteiger partial charge in [-0.05, 0) is 30.4 Å². The minimum atomic E-state index is 0.263. The van der Waals surface area contributed by atoms with E-state index in [0.717, 1.165) is 51.1 Å². The number of nitrogens with zero attached hydrogens (tertiary/aromatic N) is 3. The van der Waals surface area contributed by atoms with Crippen LogP contribution in [0.5, 0.6) is 0 Å². The number of likely N-dealkylation sites (tertiary alicyclic amines) is 1. The van der Waals surface area contributed by atoms with Crippen LogP contribution in [0.15, 0.2) is 60.8 Å². The summed E-state index contributed by atoms with van der Waals surface area (Å²) in [5, 5.41) is 2.26. The van der Waals surface area contributed by atoms with Crippen LogP contribution >= 0.6 is 0 Å². The first-order valence-corrected chi connectivity index (χ1v) is 10.7. The molecule has 0 saturated carbocycles. The van der Waals surface area contributed by atoms with Gasteiger partial charge < -0.3 is 9.80 Å². The minimum absolute atomic E-state index is 0.263. The monoisotopic (exact) mass is 388 g/mol. The van der Waals surface area contributed by atoms with Crippen LogP contribution in [0.3, 0.4) is 0 Å². The van der Waals surface area contributed by atoms with Gasteiger partial charge in [0.05, 0.1) is 24.4 Å². The van der Waals surface area contributed by atoms with Crippen molar-refractivity contribution in [1.82, 2.24) is 14.8 Å². The van der Waals surface area contributed by atoms with Crippen molar-refractivity contribution in [3.05, 3.63) is 71.9 Å². The molecule has 5 nitrogen and oxygen atoms in total. The largest absolute Gasteiger partial charge is 0.373 e. The summed E-state index contributed by atoms with van der Waals surface area (Å²) in [6.07, 6.45) is 5.03. The number of rotatable bonds is 4. The molecular weight excluding hydrogens is 360 g/mol. The Morgan fingerprint density at radius 1 is 0.931 bits per heavy atom. The summed E-state index contributed by atoms with van der Waals surface area (Å²) in [4.78, 5) is 17.1.